The fourth-order valence-corrected chi connectivity index (χ4v) is 1.24. The van der Waals surface area contributed by atoms with Gasteiger partial charge in [-0.25, -0.2) is 0 Å². The number of benzene rings is 1. The van der Waals surface area contributed by atoms with Crippen molar-refractivity contribution < 1.29 is 28.8 Å². The number of carbonyl (C=O) groups is 1. The first-order valence-corrected chi connectivity index (χ1v) is 3.56. The molecule has 0 atom stereocenters. The number of rotatable bonds is 0. The Kier molecular flexibility index (Phi) is 2.82. The summed E-state index contributed by atoms with van der Waals surface area (Å²) in [7, 11) is 0. The topological polar surface area (TPSA) is 45.1 Å². The average Bonchev–Trinajstić information content (AvgIpc) is 2.47. The molecule has 4 heteroatoms. The predicted octanol–water partition coefficient (Wildman–Crippen LogP) is -2.16. The van der Waals surface area contributed by atoms with Crippen LogP contribution in [0.2, 0.25) is 0 Å². The van der Waals surface area contributed by atoms with Gasteiger partial charge in [-0.15, -0.1) is 0 Å². The molecule has 0 aliphatic heterocycles. The Morgan fingerprint density at radius 1 is 1.23 bits per heavy atom. The second kappa shape index (κ2) is 3.69. The van der Waals surface area contributed by atoms with Crippen LogP contribution in [-0.2, 0) is 0 Å². The Labute approximate surface area is 87.2 Å². The number of fused-ring (bicyclic) bond motifs is 1. The van der Waals surface area contributed by atoms with Crippen molar-refractivity contribution in [1.29, 1.82) is 0 Å². The first-order valence-electron chi connectivity index (χ1n) is 3.56. The van der Waals surface area contributed by atoms with Crippen LogP contribution in [0.25, 0.3) is 10.9 Å². The molecular weight excluding hydrogens is 161 g/mol. The summed E-state index contributed by atoms with van der Waals surface area (Å²) in [5.74, 6) is 0. The molecule has 2 rings (SSSR count). The van der Waals surface area contributed by atoms with E-state index in [1.54, 1.807) is 18.2 Å². The Morgan fingerprint density at radius 3 is 2.62 bits per heavy atom. The molecule has 0 N–H and O–H groups in total. The van der Waals surface area contributed by atoms with Crippen LogP contribution < -0.4 is 24.0 Å². The van der Waals surface area contributed by atoms with E-state index < -0.39 is 6.09 Å². The molecule has 0 bridgehead atoms. The van der Waals surface area contributed by atoms with E-state index in [-0.39, 0.29) is 18.9 Å². The maximum Gasteiger partial charge on any atom is 1.00 e. The minimum atomic E-state index is -1.20. The molecule has 0 fully saturated rings. The molecule has 0 saturated carbocycles. The van der Waals surface area contributed by atoms with Crippen LogP contribution in [0.4, 0.5) is 4.79 Å². The molecule has 0 spiro atoms. The van der Waals surface area contributed by atoms with Gasteiger partial charge in [-0.05, 0) is 17.5 Å². The Balaban J connectivity index is 0.000000845. The summed E-state index contributed by atoms with van der Waals surface area (Å²) in [5, 5.41) is 11.4. The fraction of sp³-hybridized carbons (Fsp3) is 0. The second-order valence-corrected chi connectivity index (χ2v) is 2.51. The van der Waals surface area contributed by atoms with Gasteiger partial charge in [0.15, 0.2) is 0 Å². The number of hydrogen-bond acceptors (Lipinski definition) is 2. The van der Waals surface area contributed by atoms with Crippen molar-refractivity contribution in [1.82, 2.24) is 4.57 Å². The van der Waals surface area contributed by atoms with Gasteiger partial charge < -0.3 is 14.5 Å². The van der Waals surface area contributed by atoms with Crippen molar-refractivity contribution >= 4 is 17.0 Å². The molecule has 3 nitrogen and oxygen atoms in total. The molecule has 0 unspecified atom stereocenters. The van der Waals surface area contributed by atoms with Crippen LogP contribution in [0.5, 0.6) is 0 Å². The summed E-state index contributed by atoms with van der Waals surface area (Å²) in [4.78, 5) is 10.5. The molecular formula is C9H6LiNO2. The van der Waals surface area contributed by atoms with Gasteiger partial charge in [-0.3, -0.25) is 0 Å². The van der Waals surface area contributed by atoms with Crippen LogP contribution >= 0.6 is 0 Å². The van der Waals surface area contributed by atoms with Gasteiger partial charge in [0, 0.05) is 6.20 Å². The number of aromatic nitrogens is 1. The van der Waals surface area contributed by atoms with E-state index in [2.05, 4.69) is 0 Å². The van der Waals surface area contributed by atoms with E-state index in [9.17, 15) is 9.90 Å². The minimum Gasteiger partial charge on any atom is -0.529 e. The van der Waals surface area contributed by atoms with E-state index in [0.717, 1.165) is 9.95 Å². The molecule has 13 heavy (non-hydrogen) atoms. The standard InChI is InChI=1S/C9H7NO2.Li/c11-9(12)10-6-5-7-3-1-2-4-8(7)10;/h1-6H,(H,11,12);/q;+1/p-1. The maximum absolute atomic E-state index is 10.5. The zero-order valence-electron chi connectivity index (χ0n) is 7.23. The van der Waals surface area contributed by atoms with Crippen LogP contribution in [0.1, 0.15) is 0 Å². The monoisotopic (exact) mass is 167 g/mol. The first-order chi connectivity index (χ1) is 5.79. The summed E-state index contributed by atoms with van der Waals surface area (Å²) >= 11 is 0. The number of para-hydroxylation sites is 1. The summed E-state index contributed by atoms with van der Waals surface area (Å²) in [6.45, 7) is 0. The largest absolute Gasteiger partial charge is 1.00 e. The smallest absolute Gasteiger partial charge is 0.529 e. The molecule has 0 aliphatic rings. The van der Waals surface area contributed by atoms with Crippen molar-refractivity contribution in [3.63, 3.8) is 0 Å². The third-order valence-corrected chi connectivity index (χ3v) is 1.80. The summed E-state index contributed by atoms with van der Waals surface area (Å²) in [6, 6.07) is 8.99. The van der Waals surface area contributed by atoms with Crippen LogP contribution in [0.3, 0.4) is 0 Å². The predicted molar refractivity (Wildman–Crippen MR) is 42.7 cm³/mol. The number of nitrogens with zero attached hydrogens (tertiary/aromatic N) is 1. The molecule has 1 heterocycles. The van der Waals surface area contributed by atoms with Crippen molar-refractivity contribution in [2.24, 2.45) is 0 Å². The van der Waals surface area contributed by atoms with E-state index >= 15 is 0 Å². The number of carbonyl (C=O) groups excluding carboxylic acids is 1. The normalized spacial score (nSPS) is 9.54. The van der Waals surface area contributed by atoms with Gasteiger partial charge in [-0.2, -0.15) is 0 Å². The van der Waals surface area contributed by atoms with E-state index in [0.29, 0.717) is 5.52 Å². The van der Waals surface area contributed by atoms with E-state index in [1.807, 2.05) is 12.1 Å². The van der Waals surface area contributed by atoms with Gasteiger partial charge >= 0.3 is 18.9 Å². The second-order valence-electron chi connectivity index (χ2n) is 2.51. The molecule has 0 amide bonds. The van der Waals surface area contributed by atoms with Crippen LogP contribution in [-0.4, -0.2) is 10.7 Å². The van der Waals surface area contributed by atoms with Crippen LogP contribution in [0.15, 0.2) is 36.5 Å². The van der Waals surface area contributed by atoms with Crippen LogP contribution in [0, 0.1) is 0 Å². The zero-order valence-corrected chi connectivity index (χ0v) is 7.23. The third-order valence-electron chi connectivity index (χ3n) is 1.80. The van der Waals surface area contributed by atoms with Gasteiger partial charge in [0.2, 0.25) is 0 Å². The van der Waals surface area contributed by atoms with Gasteiger partial charge in [0.25, 0.3) is 0 Å². The fourth-order valence-electron chi connectivity index (χ4n) is 1.24. The maximum atomic E-state index is 10.5. The minimum absolute atomic E-state index is 0. The quantitative estimate of drug-likeness (QED) is 0.419. The first kappa shape index (κ1) is 9.91. The number of carboxylic acid groups (broad SMARTS) is 1. The Hall–Kier alpha value is -1.17. The Bertz CT molecular complexity index is 436. The molecule has 1 aromatic heterocycles. The Morgan fingerprint density at radius 2 is 1.92 bits per heavy atom. The molecule has 2 aromatic rings. The number of hydrogen-bond donors (Lipinski definition) is 0. The summed E-state index contributed by atoms with van der Waals surface area (Å²) in [5.41, 5.74) is 0.664. The van der Waals surface area contributed by atoms with E-state index in [1.165, 1.54) is 6.20 Å². The van der Waals surface area contributed by atoms with Gasteiger partial charge in [0.1, 0.15) is 6.09 Å². The zero-order chi connectivity index (χ0) is 8.55. The SMILES string of the molecule is O=C([O-])n1ccc2ccccc21.[Li+]. The molecule has 0 radical (unpaired) electrons. The van der Waals surface area contributed by atoms with Crippen molar-refractivity contribution in [3.8, 4) is 0 Å². The van der Waals surface area contributed by atoms with Crippen molar-refractivity contribution in [3.05, 3.63) is 36.5 Å². The molecule has 0 saturated heterocycles. The summed E-state index contributed by atoms with van der Waals surface area (Å²) < 4.78 is 1.09. The van der Waals surface area contributed by atoms with Crippen molar-refractivity contribution in [2.45, 2.75) is 0 Å². The molecule has 0 aliphatic carbocycles. The van der Waals surface area contributed by atoms with Crippen molar-refractivity contribution in [2.75, 3.05) is 0 Å². The van der Waals surface area contributed by atoms with Gasteiger partial charge in [-0.1, -0.05) is 18.2 Å². The average molecular weight is 167 g/mol. The third kappa shape index (κ3) is 1.62. The van der Waals surface area contributed by atoms with E-state index in [4.69, 9.17) is 0 Å². The molecule has 1 aromatic carbocycles. The summed E-state index contributed by atoms with van der Waals surface area (Å²) in [6.07, 6.45) is 0.288. The molecule has 60 valence electrons. The van der Waals surface area contributed by atoms with Gasteiger partial charge in [0.05, 0.1) is 5.52 Å².